The first-order valence-corrected chi connectivity index (χ1v) is 8.64. The molecule has 1 amide bonds. The fraction of sp³-hybridized carbons (Fsp3) is 0.632. The third-order valence-electron chi connectivity index (χ3n) is 4.31. The molecule has 1 saturated heterocycles. The van der Waals surface area contributed by atoms with Gasteiger partial charge in [0.1, 0.15) is 6.04 Å². The second-order valence-corrected chi connectivity index (χ2v) is 7.54. The van der Waals surface area contributed by atoms with Crippen LogP contribution in [0, 0.1) is 6.92 Å². The van der Waals surface area contributed by atoms with Crippen molar-refractivity contribution in [3.8, 4) is 0 Å². The number of carbonyl (C=O) groups excluding carboxylic acids is 1. The summed E-state index contributed by atoms with van der Waals surface area (Å²) in [5, 5.41) is 3.24. The monoisotopic (exact) mass is 333 g/mol. The summed E-state index contributed by atoms with van der Waals surface area (Å²) in [7, 11) is 3.89. The number of hydrogen-bond acceptors (Lipinski definition) is 4. The highest BCUT2D eigenvalue weighted by atomic mass is 16.5. The molecule has 0 aliphatic carbocycles. The Bertz CT molecular complexity index is 551. The summed E-state index contributed by atoms with van der Waals surface area (Å²) in [6.45, 7) is 10.4. The van der Waals surface area contributed by atoms with E-state index in [1.165, 1.54) is 5.56 Å². The predicted molar refractivity (Wildman–Crippen MR) is 97.1 cm³/mol. The first-order chi connectivity index (χ1) is 11.3. The minimum absolute atomic E-state index is 0.0452. The van der Waals surface area contributed by atoms with Gasteiger partial charge < -0.3 is 10.1 Å². The van der Waals surface area contributed by atoms with Gasteiger partial charge in [0, 0.05) is 25.2 Å². The minimum atomic E-state index is -0.285. The fourth-order valence-electron chi connectivity index (χ4n) is 3.28. The topological polar surface area (TPSA) is 44.8 Å². The summed E-state index contributed by atoms with van der Waals surface area (Å²) in [6.07, 6.45) is 0. The quantitative estimate of drug-likeness (QED) is 0.863. The van der Waals surface area contributed by atoms with E-state index in [9.17, 15) is 4.79 Å². The van der Waals surface area contributed by atoms with Crippen LogP contribution in [0.1, 0.15) is 31.0 Å². The summed E-state index contributed by atoms with van der Waals surface area (Å²) in [6, 6.07) is 7.88. The van der Waals surface area contributed by atoms with Gasteiger partial charge in [0.05, 0.1) is 13.2 Å². The Morgan fingerprint density at radius 3 is 2.58 bits per heavy atom. The second-order valence-electron chi connectivity index (χ2n) is 7.54. The standard InChI is InChI=1S/C19H31N3O2/c1-15-7-6-8-16(13-15)17(21(4)5)18(23)20-19(2,3)14-22-9-11-24-12-10-22/h6-8,13,17H,9-12,14H2,1-5H3,(H,20,23)/t17-/m0/s1. The van der Waals surface area contributed by atoms with E-state index in [4.69, 9.17) is 4.74 Å². The largest absolute Gasteiger partial charge is 0.379 e. The number of amides is 1. The molecule has 1 aromatic carbocycles. The number of nitrogens with zero attached hydrogens (tertiary/aromatic N) is 2. The molecule has 0 bridgehead atoms. The summed E-state index contributed by atoms with van der Waals surface area (Å²) in [5.74, 6) is 0.0452. The van der Waals surface area contributed by atoms with E-state index in [1.807, 2.05) is 31.1 Å². The number of rotatable bonds is 6. The number of aryl methyl sites for hydroxylation is 1. The van der Waals surface area contributed by atoms with Crippen LogP contribution in [0.25, 0.3) is 0 Å². The lowest BCUT2D eigenvalue weighted by Crippen LogP contribution is -2.55. The number of carbonyl (C=O) groups is 1. The average molecular weight is 333 g/mol. The van der Waals surface area contributed by atoms with Crippen molar-refractivity contribution in [2.24, 2.45) is 0 Å². The molecule has 1 atom stereocenters. The van der Waals surface area contributed by atoms with Gasteiger partial charge in [-0.15, -0.1) is 0 Å². The fourth-order valence-corrected chi connectivity index (χ4v) is 3.28. The smallest absolute Gasteiger partial charge is 0.242 e. The number of morpholine rings is 1. The number of benzene rings is 1. The van der Waals surface area contributed by atoms with E-state index in [0.717, 1.165) is 38.4 Å². The van der Waals surface area contributed by atoms with Crippen molar-refractivity contribution in [2.45, 2.75) is 32.4 Å². The highest BCUT2D eigenvalue weighted by Gasteiger charge is 2.30. The number of hydrogen-bond donors (Lipinski definition) is 1. The zero-order valence-electron chi connectivity index (χ0n) is 15.6. The molecular formula is C19H31N3O2. The first-order valence-electron chi connectivity index (χ1n) is 8.64. The van der Waals surface area contributed by atoms with Gasteiger partial charge in [-0.1, -0.05) is 29.8 Å². The van der Waals surface area contributed by atoms with Gasteiger partial charge in [0.25, 0.3) is 0 Å². The second kappa shape index (κ2) is 8.10. The molecule has 0 unspecified atom stereocenters. The van der Waals surface area contributed by atoms with Crippen molar-refractivity contribution in [1.29, 1.82) is 0 Å². The molecule has 1 aliphatic rings. The van der Waals surface area contributed by atoms with Crippen molar-refractivity contribution in [1.82, 2.24) is 15.1 Å². The summed E-state index contributed by atoms with van der Waals surface area (Å²) >= 11 is 0. The minimum Gasteiger partial charge on any atom is -0.379 e. The van der Waals surface area contributed by atoms with E-state index in [2.05, 4.69) is 43.1 Å². The van der Waals surface area contributed by atoms with E-state index in [-0.39, 0.29) is 17.5 Å². The van der Waals surface area contributed by atoms with Crippen molar-refractivity contribution in [3.05, 3.63) is 35.4 Å². The van der Waals surface area contributed by atoms with E-state index in [1.54, 1.807) is 0 Å². The summed E-state index contributed by atoms with van der Waals surface area (Å²) in [4.78, 5) is 17.3. The van der Waals surface area contributed by atoms with Crippen molar-refractivity contribution < 1.29 is 9.53 Å². The van der Waals surface area contributed by atoms with Gasteiger partial charge in [-0.25, -0.2) is 0 Å². The Labute approximate surface area is 146 Å². The third kappa shape index (κ3) is 5.30. The molecular weight excluding hydrogens is 302 g/mol. The van der Waals surface area contributed by atoms with Gasteiger partial charge in [-0.3, -0.25) is 14.6 Å². The van der Waals surface area contributed by atoms with Crippen LogP contribution in [-0.2, 0) is 9.53 Å². The molecule has 0 saturated carbocycles. The van der Waals surface area contributed by atoms with Crippen molar-refractivity contribution in [2.75, 3.05) is 46.9 Å². The van der Waals surface area contributed by atoms with Crippen LogP contribution in [0.3, 0.4) is 0 Å². The maximum absolute atomic E-state index is 13.0. The lowest BCUT2D eigenvalue weighted by atomic mass is 9.99. The van der Waals surface area contributed by atoms with Crippen LogP contribution in [0.4, 0.5) is 0 Å². The van der Waals surface area contributed by atoms with E-state index >= 15 is 0 Å². The van der Waals surface area contributed by atoms with Crippen LogP contribution in [0.2, 0.25) is 0 Å². The predicted octanol–water partition coefficient (Wildman–Crippen LogP) is 1.82. The lowest BCUT2D eigenvalue weighted by Gasteiger charge is -2.37. The Morgan fingerprint density at radius 2 is 2.00 bits per heavy atom. The van der Waals surface area contributed by atoms with E-state index < -0.39 is 0 Å². The molecule has 0 radical (unpaired) electrons. The summed E-state index contributed by atoms with van der Waals surface area (Å²) in [5.41, 5.74) is 1.91. The SMILES string of the molecule is Cc1cccc([C@@H](C(=O)NC(C)(C)CN2CCOCC2)N(C)C)c1. The number of likely N-dealkylation sites (N-methyl/N-ethyl adjacent to an activating group) is 1. The van der Waals surface area contributed by atoms with E-state index in [0.29, 0.717) is 0 Å². The molecule has 24 heavy (non-hydrogen) atoms. The Morgan fingerprint density at radius 1 is 1.33 bits per heavy atom. The molecule has 1 fully saturated rings. The molecule has 0 spiro atoms. The Balaban J connectivity index is 2.06. The molecule has 1 aromatic rings. The van der Waals surface area contributed by atoms with Gasteiger partial charge in [-0.05, 0) is 40.4 Å². The van der Waals surface area contributed by atoms with Crippen LogP contribution in [0.5, 0.6) is 0 Å². The maximum Gasteiger partial charge on any atom is 0.242 e. The zero-order valence-corrected chi connectivity index (χ0v) is 15.6. The molecule has 134 valence electrons. The van der Waals surface area contributed by atoms with Crippen LogP contribution >= 0.6 is 0 Å². The summed E-state index contributed by atoms with van der Waals surface area (Å²) < 4.78 is 5.40. The Kier molecular flexibility index (Phi) is 6.38. The van der Waals surface area contributed by atoms with Crippen molar-refractivity contribution >= 4 is 5.91 Å². The zero-order chi connectivity index (χ0) is 17.7. The number of ether oxygens (including phenoxy) is 1. The Hall–Kier alpha value is -1.43. The molecule has 2 rings (SSSR count). The van der Waals surface area contributed by atoms with Gasteiger partial charge in [-0.2, -0.15) is 0 Å². The molecule has 5 heteroatoms. The average Bonchev–Trinajstić information content (AvgIpc) is 2.46. The third-order valence-corrected chi connectivity index (χ3v) is 4.31. The maximum atomic E-state index is 13.0. The van der Waals surface area contributed by atoms with Gasteiger partial charge in [0.15, 0.2) is 0 Å². The molecule has 1 heterocycles. The number of nitrogens with one attached hydrogen (secondary N) is 1. The van der Waals surface area contributed by atoms with Crippen LogP contribution in [-0.4, -0.2) is 68.2 Å². The normalized spacial score (nSPS) is 17.8. The highest BCUT2D eigenvalue weighted by Crippen LogP contribution is 2.21. The highest BCUT2D eigenvalue weighted by molar-refractivity contribution is 5.83. The van der Waals surface area contributed by atoms with Gasteiger partial charge >= 0.3 is 0 Å². The molecule has 1 N–H and O–H groups in total. The van der Waals surface area contributed by atoms with Gasteiger partial charge in [0.2, 0.25) is 5.91 Å². The van der Waals surface area contributed by atoms with Crippen LogP contribution in [0.15, 0.2) is 24.3 Å². The molecule has 5 nitrogen and oxygen atoms in total. The van der Waals surface area contributed by atoms with Crippen molar-refractivity contribution in [3.63, 3.8) is 0 Å². The van der Waals surface area contributed by atoms with Crippen LogP contribution < -0.4 is 5.32 Å². The molecule has 1 aliphatic heterocycles. The molecule has 0 aromatic heterocycles. The lowest BCUT2D eigenvalue weighted by molar-refractivity contribution is -0.127. The first kappa shape index (κ1) is 18.9.